The van der Waals surface area contributed by atoms with E-state index in [1.54, 1.807) is 6.92 Å². The summed E-state index contributed by atoms with van der Waals surface area (Å²) in [6, 6.07) is 0. The van der Waals surface area contributed by atoms with E-state index in [0.29, 0.717) is 19.5 Å². The fourth-order valence-corrected chi connectivity index (χ4v) is 0.575. The third-order valence-corrected chi connectivity index (χ3v) is 1.11. The Morgan fingerprint density at radius 1 is 1.70 bits per heavy atom. The molecule has 0 amide bonds. The highest BCUT2D eigenvalue weighted by Crippen LogP contribution is 1.84. The maximum absolute atomic E-state index is 10.4. The lowest BCUT2D eigenvalue weighted by Gasteiger charge is -2.03. The normalized spacial score (nSPS) is 13.1. The standard InChI is InChI=1S/C7H15NO2/c1-6(9)3-4-8-5-7(2)10/h6,8-9H,3-5H2,1-2H3. The molecule has 0 aliphatic carbocycles. The molecule has 0 spiro atoms. The Bertz CT molecular complexity index is 102. The Morgan fingerprint density at radius 2 is 2.30 bits per heavy atom. The summed E-state index contributed by atoms with van der Waals surface area (Å²) in [6.45, 7) is 4.38. The van der Waals surface area contributed by atoms with Crippen molar-refractivity contribution in [1.82, 2.24) is 5.32 Å². The first-order valence-corrected chi connectivity index (χ1v) is 3.51. The summed E-state index contributed by atoms with van der Waals surface area (Å²) >= 11 is 0. The van der Waals surface area contributed by atoms with E-state index < -0.39 is 0 Å². The molecule has 0 aliphatic heterocycles. The molecule has 0 aromatic heterocycles. The van der Waals surface area contributed by atoms with Gasteiger partial charge in [0.25, 0.3) is 0 Å². The Balaban J connectivity index is 2.98. The van der Waals surface area contributed by atoms with E-state index in [4.69, 9.17) is 5.11 Å². The van der Waals surface area contributed by atoms with Gasteiger partial charge in [0.2, 0.25) is 0 Å². The first-order chi connectivity index (χ1) is 4.63. The molecule has 0 bridgehead atoms. The van der Waals surface area contributed by atoms with Gasteiger partial charge in [0.15, 0.2) is 0 Å². The summed E-state index contributed by atoms with van der Waals surface area (Å²) < 4.78 is 0. The minimum absolute atomic E-state index is 0.130. The van der Waals surface area contributed by atoms with Crippen LogP contribution in [0.15, 0.2) is 0 Å². The average Bonchev–Trinajstić information content (AvgIpc) is 1.79. The van der Waals surface area contributed by atoms with Crippen LogP contribution in [0.3, 0.4) is 0 Å². The van der Waals surface area contributed by atoms with Crippen LogP contribution in [0.25, 0.3) is 0 Å². The smallest absolute Gasteiger partial charge is 0.143 e. The van der Waals surface area contributed by atoms with Crippen LogP contribution in [0.2, 0.25) is 0 Å². The molecule has 2 N–H and O–H groups in total. The molecular weight excluding hydrogens is 130 g/mol. The van der Waals surface area contributed by atoms with Crippen molar-refractivity contribution in [1.29, 1.82) is 0 Å². The Hall–Kier alpha value is -0.410. The van der Waals surface area contributed by atoms with Gasteiger partial charge >= 0.3 is 0 Å². The van der Waals surface area contributed by atoms with Crippen molar-refractivity contribution in [3.05, 3.63) is 0 Å². The van der Waals surface area contributed by atoms with Gasteiger partial charge in [0, 0.05) is 0 Å². The first kappa shape index (κ1) is 9.59. The molecule has 0 aromatic rings. The van der Waals surface area contributed by atoms with Gasteiger partial charge in [-0.2, -0.15) is 0 Å². The molecule has 0 rings (SSSR count). The van der Waals surface area contributed by atoms with Gasteiger partial charge in [0.1, 0.15) is 5.78 Å². The van der Waals surface area contributed by atoms with E-state index in [1.807, 2.05) is 0 Å². The van der Waals surface area contributed by atoms with E-state index in [1.165, 1.54) is 6.92 Å². The van der Waals surface area contributed by atoms with Crippen LogP contribution in [-0.2, 0) is 4.79 Å². The number of hydrogen-bond donors (Lipinski definition) is 2. The summed E-state index contributed by atoms with van der Waals surface area (Å²) in [5.41, 5.74) is 0. The van der Waals surface area contributed by atoms with Crippen LogP contribution in [0, 0.1) is 0 Å². The number of carbonyl (C=O) groups excluding carboxylic acids is 1. The molecule has 0 saturated heterocycles. The van der Waals surface area contributed by atoms with Gasteiger partial charge in [0.05, 0.1) is 12.6 Å². The zero-order chi connectivity index (χ0) is 7.98. The van der Waals surface area contributed by atoms with Crippen molar-refractivity contribution in [2.24, 2.45) is 0 Å². The maximum Gasteiger partial charge on any atom is 0.143 e. The van der Waals surface area contributed by atoms with Crippen molar-refractivity contribution in [2.75, 3.05) is 13.1 Å². The molecule has 60 valence electrons. The quantitative estimate of drug-likeness (QED) is 0.533. The Kier molecular flexibility index (Phi) is 5.16. The molecule has 0 aromatic carbocycles. The van der Waals surface area contributed by atoms with Gasteiger partial charge in [-0.3, -0.25) is 4.79 Å². The number of hydrogen-bond acceptors (Lipinski definition) is 3. The first-order valence-electron chi connectivity index (χ1n) is 3.51. The number of aliphatic hydroxyl groups is 1. The lowest BCUT2D eigenvalue weighted by Crippen LogP contribution is -2.24. The second-order valence-electron chi connectivity index (χ2n) is 2.52. The Morgan fingerprint density at radius 3 is 2.70 bits per heavy atom. The number of ketones is 1. The summed E-state index contributed by atoms with van der Waals surface area (Å²) in [6.07, 6.45) is 0.423. The molecular formula is C7H15NO2. The predicted octanol–water partition coefficient (Wildman–Crippen LogP) is -0.0641. The molecule has 1 unspecified atom stereocenters. The van der Waals surface area contributed by atoms with Crippen molar-refractivity contribution >= 4 is 5.78 Å². The summed E-state index contributed by atoms with van der Waals surface area (Å²) in [7, 11) is 0. The van der Waals surface area contributed by atoms with Crippen molar-refractivity contribution in [2.45, 2.75) is 26.4 Å². The van der Waals surface area contributed by atoms with Crippen LogP contribution in [0.5, 0.6) is 0 Å². The zero-order valence-corrected chi connectivity index (χ0v) is 6.55. The van der Waals surface area contributed by atoms with Crippen LogP contribution < -0.4 is 5.32 Å². The second-order valence-corrected chi connectivity index (χ2v) is 2.52. The molecule has 0 fully saturated rings. The number of rotatable bonds is 5. The van der Waals surface area contributed by atoms with Crippen LogP contribution in [0.1, 0.15) is 20.3 Å². The van der Waals surface area contributed by atoms with E-state index in [9.17, 15) is 4.79 Å². The predicted molar refractivity (Wildman–Crippen MR) is 39.8 cm³/mol. The van der Waals surface area contributed by atoms with Gasteiger partial charge in [-0.15, -0.1) is 0 Å². The SMILES string of the molecule is CC(=O)CNCCC(C)O. The summed E-state index contributed by atoms with van der Waals surface area (Å²) in [5, 5.41) is 11.7. The minimum atomic E-state index is -0.278. The molecule has 0 saturated carbocycles. The molecule has 3 nitrogen and oxygen atoms in total. The molecule has 3 heteroatoms. The lowest BCUT2D eigenvalue weighted by molar-refractivity contribution is -0.116. The number of carbonyl (C=O) groups is 1. The zero-order valence-electron chi connectivity index (χ0n) is 6.55. The molecule has 10 heavy (non-hydrogen) atoms. The highest BCUT2D eigenvalue weighted by Gasteiger charge is 1.95. The lowest BCUT2D eigenvalue weighted by atomic mass is 10.3. The minimum Gasteiger partial charge on any atom is -0.393 e. The molecule has 0 radical (unpaired) electrons. The van der Waals surface area contributed by atoms with Crippen molar-refractivity contribution in [3.63, 3.8) is 0 Å². The molecule has 1 atom stereocenters. The van der Waals surface area contributed by atoms with E-state index >= 15 is 0 Å². The monoisotopic (exact) mass is 145 g/mol. The van der Waals surface area contributed by atoms with Gasteiger partial charge in [-0.05, 0) is 26.8 Å². The average molecular weight is 145 g/mol. The third-order valence-electron chi connectivity index (χ3n) is 1.11. The molecule has 0 aliphatic rings. The second kappa shape index (κ2) is 5.38. The number of Topliss-reactive ketones (excluding diaryl/α,β-unsaturated/α-hetero) is 1. The fraction of sp³-hybridized carbons (Fsp3) is 0.857. The van der Waals surface area contributed by atoms with Crippen molar-refractivity contribution in [3.8, 4) is 0 Å². The fourth-order valence-electron chi connectivity index (χ4n) is 0.575. The van der Waals surface area contributed by atoms with E-state index in [-0.39, 0.29) is 11.9 Å². The third kappa shape index (κ3) is 7.59. The Labute approximate surface area is 61.4 Å². The van der Waals surface area contributed by atoms with E-state index in [2.05, 4.69) is 5.32 Å². The largest absolute Gasteiger partial charge is 0.393 e. The van der Waals surface area contributed by atoms with Crippen LogP contribution in [-0.4, -0.2) is 30.1 Å². The van der Waals surface area contributed by atoms with Gasteiger partial charge in [-0.25, -0.2) is 0 Å². The van der Waals surface area contributed by atoms with Gasteiger partial charge < -0.3 is 10.4 Å². The highest BCUT2D eigenvalue weighted by atomic mass is 16.3. The summed E-state index contributed by atoms with van der Waals surface area (Å²) in [5.74, 6) is 0.130. The highest BCUT2D eigenvalue weighted by molar-refractivity contribution is 5.77. The topological polar surface area (TPSA) is 49.3 Å². The molecule has 0 heterocycles. The van der Waals surface area contributed by atoms with E-state index in [0.717, 1.165) is 0 Å². The maximum atomic E-state index is 10.4. The number of aliphatic hydroxyl groups excluding tert-OH is 1. The van der Waals surface area contributed by atoms with Crippen LogP contribution >= 0.6 is 0 Å². The van der Waals surface area contributed by atoms with Crippen LogP contribution in [0.4, 0.5) is 0 Å². The van der Waals surface area contributed by atoms with Gasteiger partial charge in [-0.1, -0.05) is 0 Å². The summed E-state index contributed by atoms with van der Waals surface area (Å²) in [4.78, 5) is 10.4. The number of nitrogens with one attached hydrogen (secondary N) is 1. The van der Waals surface area contributed by atoms with Crippen molar-refractivity contribution < 1.29 is 9.90 Å².